The molecule has 31 heavy (non-hydrogen) atoms. The standard InChI is InChI=1S/C24H34N4O3/c1-26(21-6-2-3-7-22(24(21)30)28-15-12-25-18-28)23(29)17-31-20-10-8-19(9-11-20)16-27-13-4-5-14-27/h8-12,15,18,21-22,24,30H,2-7,13-14,16-17H2,1H3/t21-,22-,24-/m1/s1. The van der Waals surface area contributed by atoms with Crippen LogP contribution in [0.4, 0.5) is 0 Å². The fourth-order valence-corrected chi connectivity index (χ4v) is 4.84. The number of hydrogen-bond acceptors (Lipinski definition) is 5. The van der Waals surface area contributed by atoms with Crippen LogP contribution in [0.15, 0.2) is 43.0 Å². The lowest BCUT2D eigenvalue weighted by molar-refractivity contribution is -0.137. The second kappa shape index (κ2) is 10.3. The number of likely N-dealkylation sites (N-methyl/N-ethyl adjacent to an activating group) is 1. The Bertz CT molecular complexity index is 818. The molecule has 2 aliphatic rings. The first-order chi connectivity index (χ1) is 15.1. The van der Waals surface area contributed by atoms with Crippen molar-refractivity contribution in [1.82, 2.24) is 19.4 Å². The third kappa shape index (κ3) is 5.46. The average molecular weight is 427 g/mol. The van der Waals surface area contributed by atoms with E-state index in [0.29, 0.717) is 5.75 Å². The number of amides is 1. The van der Waals surface area contributed by atoms with E-state index >= 15 is 0 Å². The Balaban J connectivity index is 1.31. The van der Waals surface area contributed by atoms with Crippen LogP contribution in [-0.4, -0.2) is 69.3 Å². The van der Waals surface area contributed by atoms with Gasteiger partial charge in [0.15, 0.2) is 6.61 Å². The number of carbonyl (C=O) groups is 1. The molecule has 1 saturated heterocycles. The Kier molecular flexibility index (Phi) is 7.25. The monoisotopic (exact) mass is 426 g/mol. The number of carbonyl (C=O) groups excluding carboxylic acids is 1. The summed E-state index contributed by atoms with van der Waals surface area (Å²) in [6.07, 6.45) is 11.0. The van der Waals surface area contributed by atoms with Crippen molar-refractivity contribution in [3.8, 4) is 5.75 Å². The average Bonchev–Trinajstić information content (AvgIpc) is 3.46. The van der Waals surface area contributed by atoms with Gasteiger partial charge in [-0.1, -0.05) is 25.0 Å². The van der Waals surface area contributed by atoms with Crippen LogP contribution < -0.4 is 4.74 Å². The van der Waals surface area contributed by atoms with E-state index in [1.807, 2.05) is 22.9 Å². The van der Waals surface area contributed by atoms with Gasteiger partial charge in [-0.15, -0.1) is 0 Å². The number of aliphatic hydroxyl groups is 1. The number of likely N-dealkylation sites (tertiary alicyclic amines) is 1. The molecular weight excluding hydrogens is 392 g/mol. The minimum Gasteiger partial charge on any atom is -0.484 e. The quantitative estimate of drug-likeness (QED) is 0.690. The zero-order valence-electron chi connectivity index (χ0n) is 18.4. The molecule has 7 heteroatoms. The van der Waals surface area contributed by atoms with Gasteiger partial charge < -0.3 is 19.3 Å². The van der Waals surface area contributed by atoms with Crippen molar-refractivity contribution in [3.05, 3.63) is 48.5 Å². The molecule has 4 rings (SSSR count). The first-order valence-electron chi connectivity index (χ1n) is 11.5. The smallest absolute Gasteiger partial charge is 0.260 e. The molecule has 2 heterocycles. The first kappa shape index (κ1) is 21.8. The minimum atomic E-state index is -0.629. The molecule has 1 aromatic heterocycles. The maximum atomic E-state index is 12.8. The largest absolute Gasteiger partial charge is 0.484 e. The first-order valence-corrected chi connectivity index (χ1v) is 11.5. The lowest BCUT2D eigenvalue weighted by Crippen LogP contribution is -2.48. The van der Waals surface area contributed by atoms with Crippen molar-refractivity contribution in [2.24, 2.45) is 0 Å². The second-order valence-corrected chi connectivity index (χ2v) is 8.84. The number of imidazole rings is 1. The highest BCUT2D eigenvalue weighted by Gasteiger charge is 2.35. The Morgan fingerprint density at radius 3 is 2.61 bits per heavy atom. The van der Waals surface area contributed by atoms with Crippen molar-refractivity contribution in [2.45, 2.75) is 63.3 Å². The number of aromatic nitrogens is 2. The van der Waals surface area contributed by atoms with E-state index in [-0.39, 0.29) is 24.6 Å². The van der Waals surface area contributed by atoms with Crippen LogP contribution in [0.5, 0.6) is 5.75 Å². The third-order valence-corrected chi connectivity index (χ3v) is 6.73. The highest BCUT2D eigenvalue weighted by atomic mass is 16.5. The van der Waals surface area contributed by atoms with Crippen LogP contribution in [0.3, 0.4) is 0 Å². The van der Waals surface area contributed by atoms with E-state index < -0.39 is 6.10 Å². The lowest BCUT2D eigenvalue weighted by Gasteiger charge is -2.34. The molecule has 0 radical (unpaired) electrons. The van der Waals surface area contributed by atoms with Crippen molar-refractivity contribution in [3.63, 3.8) is 0 Å². The highest BCUT2D eigenvalue weighted by molar-refractivity contribution is 5.77. The number of aliphatic hydroxyl groups excluding tert-OH is 1. The van der Waals surface area contributed by atoms with Gasteiger partial charge in [-0.2, -0.15) is 0 Å². The molecule has 1 N–H and O–H groups in total. The minimum absolute atomic E-state index is 0.0269. The van der Waals surface area contributed by atoms with Gasteiger partial charge in [0, 0.05) is 26.0 Å². The van der Waals surface area contributed by atoms with Gasteiger partial charge >= 0.3 is 0 Å². The van der Waals surface area contributed by atoms with E-state index in [9.17, 15) is 9.90 Å². The number of rotatable bonds is 7. The number of nitrogens with zero attached hydrogens (tertiary/aromatic N) is 4. The molecule has 0 spiro atoms. The van der Waals surface area contributed by atoms with Gasteiger partial charge in [-0.3, -0.25) is 9.69 Å². The van der Waals surface area contributed by atoms with E-state index in [4.69, 9.17) is 4.74 Å². The molecule has 2 fully saturated rings. The predicted octanol–water partition coefficient (Wildman–Crippen LogP) is 2.86. The van der Waals surface area contributed by atoms with Gasteiger partial charge in [0.05, 0.1) is 24.5 Å². The van der Waals surface area contributed by atoms with E-state index in [1.165, 1.54) is 31.5 Å². The Hall–Kier alpha value is -2.38. The second-order valence-electron chi connectivity index (χ2n) is 8.84. The molecule has 1 aliphatic carbocycles. The summed E-state index contributed by atoms with van der Waals surface area (Å²) in [5, 5.41) is 11.0. The molecule has 0 bridgehead atoms. The van der Waals surface area contributed by atoms with Gasteiger partial charge in [0.2, 0.25) is 0 Å². The van der Waals surface area contributed by atoms with Crippen LogP contribution in [-0.2, 0) is 11.3 Å². The maximum Gasteiger partial charge on any atom is 0.260 e. The topological polar surface area (TPSA) is 70.8 Å². The summed E-state index contributed by atoms with van der Waals surface area (Å²) >= 11 is 0. The molecule has 7 nitrogen and oxygen atoms in total. The molecule has 3 atom stereocenters. The Labute approximate surface area is 184 Å². The molecule has 1 amide bonds. The third-order valence-electron chi connectivity index (χ3n) is 6.73. The van der Waals surface area contributed by atoms with E-state index in [1.54, 1.807) is 24.5 Å². The van der Waals surface area contributed by atoms with Gasteiger partial charge in [-0.05, 0) is 56.5 Å². The molecule has 2 aromatic rings. The maximum absolute atomic E-state index is 12.8. The van der Waals surface area contributed by atoms with Gasteiger partial charge in [0.25, 0.3) is 5.91 Å². The fourth-order valence-electron chi connectivity index (χ4n) is 4.84. The molecule has 168 valence electrons. The predicted molar refractivity (Wildman–Crippen MR) is 119 cm³/mol. The fraction of sp³-hybridized carbons (Fsp3) is 0.583. The van der Waals surface area contributed by atoms with Crippen LogP contribution >= 0.6 is 0 Å². The van der Waals surface area contributed by atoms with E-state index in [0.717, 1.165) is 32.2 Å². The summed E-state index contributed by atoms with van der Waals surface area (Å²) in [4.78, 5) is 21.1. The summed E-state index contributed by atoms with van der Waals surface area (Å²) in [5.41, 5.74) is 1.27. The number of hydrogen-bond donors (Lipinski definition) is 1. The summed E-state index contributed by atoms with van der Waals surface area (Å²) in [5.74, 6) is 0.584. The van der Waals surface area contributed by atoms with Gasteiger partial charge in [-0.25, -0.2) is 4.98 Å². The van der Waals surface area contributed by atoms with Crippen molar-refractivity contribution < 1.29 is 14.6 Å². The molecule has 1 aromatic carbocycles. The molecular formula is C24H34N4O3. The van der Waals surface area contributed by atoms with Crippen LogP contribution in [0.1, 0.15) is 50.1 Å². The van der Waals surface area contributed by atoms with Crippen LogP contribution in [0.2, 0.25) is 0 Å². The Morgan fingerprint density at radius 1 is 1.16 bits per heavy atom. The molecule has 1 aliphatic heterocycles. The SMILES string of the molecule is CN(C(=O)COc1ccc(CN2CCCC2)cc1)[C@@H]1CCCC[C@@H](n2ccnc2)[C@@H]1O. The highest BCUT2D eigenvalue weighted by Crippen LogP contribution is 2.30. The van der Waals surface area contributed by atoms with Crippen molar-refractivity contribution >= 4 is 5.91 Å². The summed E-state index contributed by atoms with van der Waals surface area (Å²) in [6.45, 7) is 3.29. The summed E-state index contributed by atoms with van der Waals surface area (Å²) in [7, 11) is 1.77. The molecule has 0 unspecified atom stereocenters. The summed E-state index contributed by atoms with van der Waals surface area (Å²) < 4.78 is 7.73. The number of benzene rings is 1. The van der Waals surface area contributed by atoms with Gasteiger partial charge in [0.1, 0.15) is 5.75 Å². The van der Waals surface area contributed by atoms with E-state index in [2.05, 4.69) is 22.0 Å². The Morgan fingerprint density at radius 2 is 1.90 bits per heavy atom. The molecule has 1 saturated carbocycles. The van der Waals surface area contributed by atoms with Crippen LogP contribution in [0.25, 0.3) is 0 Å². The van der Waals surface area contributed by atoms with Crippen molar-refractivity contribution in [1.29, 1.82) is 0 Å². The zero-order valence-corrected chi connectivity index (χ0v) is 18.4. The van der Waals surface area contributed by atoms with Crippen LogP contribution in [0, 0.1) is 0 Å². The van der Waals surface area contributed by atoms with Crippen molar-refractivity contribution in [2.75, 3.05) is 26.7 Å². The number of ether oxygens (including phenoxy) is 1. The lowest BCUT2D eigenvalue weighted by atomic mass is 10.00. The summed E-state index contributed by atoms with van der Waals surface area (Å²) in [6, 6.07) is 7.74. The normalized spacial score (nSPS) is 24.6. The zero-order chi connectivity index (χ0) is 21.6.